The number of rotatable bonds is 5. The molecule has 3 aromatic heterocycles. The summed E-state index contributed by atoms with van der Waals surface area (Å²) < 4.78 is 7.36. The number of anilines is 1. The van der Waals surface area contributed by atoms with Gasteiger partial charge in [0.2, 0.25) is 5.88 Å². The van der Waals surface area contributed by atoms with Crippen LogP contribution in [0.4, 0.5) is 5.82 Å². The number of nitrogens with zero attached hydrogens (tertiary/aromatic N) is 5. The highest BCUT2D eigenvalue weighted by molar-refractivity contribution is 5.61. The Labute approximate surface area is 146 Å². The summed E-state index contributed by atoms with van der Waals surface area (Å²) in [6, 6.07) is 6.43. The second-order valence-corrected chi connectivity index (χ2v) is 6.33. The smallest absolute Gasteiger partial charge is 0.238 e. The zero-order valence-corrected chi connectivity index (χ0v) is 14.5. The van der Waals surface area contributed by atoms with Gasteiger partial charge < -0.3 is 14.6 Å². The van der Waals surface area contributed by atoms with Crippen LogP contribution in [0.25, 0.3) is 17.1 Å². The Hall–Kier alpha value is -2.96. The van der Waals surface area contributed by atoms with E-state index in [0.29, 0.717) is 11.9 Å². The van der Waals surface area contributed by atoms with Crippen molar-refractivity contribution in [3.8, 4) is 23.0 Å². The highest BCUT2D eigenvalue weighted by atomic mass is 16.5. The molecule has 0 saturated heterocycles. The fourth-order valence-corrected chi connectivity index (χ4v) is 2.65. The maximum absolute atomic E-state index is 5.47. The van der Waals surface area contributed by atoms with E-state index in [1.165, 1.54) is 12.8 Å². The lowest BCUT2D eigenvalue weighted by atomic mass is 10.2. The minimum absolute atomic E-state index is 0.523. The number of nitrogens with one attached hydrogen (secondary N) is 1. The van der Waals surface area contributed by atoms with E-state index in [1.54, 1.807) is 13.4 Å². The first-order valence-electron chi connectivity index (χ1n) is 8.31. The van der Waals surface area contributed by atoms with Gasteiger partial charge in [0, 0.05) is 12.2 Å². The van der Waals surface area contributed by atoms with Crippen molar-refractivity contribution in [2.24, 2.45) is 0 Å². The lowest BCUT2D eigenvalue weighted by Crippen LogP contribution is -2.07. The maximum Gasteiger partial charge on any atom is 0.238 e. The molecule has 0 bridgehead atoms. The van der Waals surface area contributed by atoms with E-state index < -0.39 is 0 Å². The summed E-state index contributed by atoms with van der Waals surface area (Å²) in [5, 5.41) is 12.0. The summed E-state index contributed by atoms with van der Waals surface area (Å²) >= 11 is 0. The van der Waals surface area contributed by atoms with Gasteiger partial charge in [-0.15, -0.1) is 10.2 Å². The average molecular weight is 336 g/mol. The van der Waals surface area contributed by atoms with Crippen LogP contribution >= 0.6 is 0 Å². The largest absolute Gasteiger partial charge is 0.479 e. The molecule has 3 aromatic rings. The second kappa shape index (κ2) is 6.16. The number of aryl methyl sites for hydroxylation is 2. The molecule has 25 heavy (non-hydrogen) atoms. The topological polar surface area (TPSA) is 77.8 Å². The summed E-state index contributed by atoms with van der Waals surface area (Å²) in [7, 11) is 1.61. The number of aromatic nitrogens is 5. The zero-order valence-electron chi connectivity index (χ0n) is 14.5. The Morgan fingerprint density at radius 2 is 2.00 bits per heavy atom. The molecule has 1 N–H and O–H groups in total. The van der Waals surface area contributed by atoms with Gasteiger partial charge in [0.15, 0.2) is 5.82 Å². The van der Waals surface area contributed by atoms with Crippen LogP contribution in [0.1, 0.15) is 24.1 Å². The van der Waals surface area contributed by atoms with Gasteiger partial charge in [-0.05, 0) is 50.5 Å². The van der Waals surface area contributed by atoms with E-state index in [1.807, 2.05) is 42.8 Å². The van der Waals surface area contributed by atoms with Gasteiger partial charge in [0.1, 0.15) is 11.4 Å². The maximum atomic E-state index is 5.47. The fourth-order valence-electron chi connectivity index (χ4n) is 2.65. The second-order valence-electron chi connectivity index (χ2n) is 6.33. The molecule has 1 saturated carbocycles. The number of methoxy groups -OCH3 is 1. The first kappa shape index (κ1) is 15.6. The van der Waals surface area contributed by atoms with Crippen LogP contribution < -0.4 is 10.1 Å². The summed E-state index contributed by atoms with van der Waals surface area (Å²) in [6.45, 7) is 3.98. The van der Waals surface area contributed by atoms with Crippen LogP contribution in [-0.4, -0.2) is 37.9 Å². The van der Waals surface area contributed by atoms with E-state index >= 15 is 0 Å². The molecular weight excluding hydrogens is 316 g/mol. The van der Waals surface area contributed by atoms with Crippen LogP contribution in [-0.2, 0) is 0 Å². The number of ether oxygens (including phenoxy) is 1. The van der Waals surface area contributed by atoms with Crippen molar-refractivity contribution >= 4 is 5.82 Å². The highest BCUT2D eigenvalue weighted by Gasteiger charge is 2.22. The summed E-state index contributed by atoms with van der Waals surface area (Å²) in [5.74, 6) is 1.37. The normalized spacial score (nSPS) is 13.7. The van der Waals surface area contributed by atoms with Crippen LogP contribution in [0.15, 0.2) is 30.7 Å². The van der Waals surface area contributed by atoms with Crippen LogP contribution in [0.2, 0.25) is 0 Å². The Morgan fingerprint density at radius 1 is 1.16 bits per heavy atom. The van der Waals surface area contributed by atoms with E-state index in [0.717, 1.165) is 34.2 Å². The predicted molar refractivity (Wildman–Crippen MR) is 95.1 cm³/mol. The molecule has 0 aromatic carbocycles. The molecule has 0 spiro atoms. The minimum atomic E-state index is 0.523. The van der Waals surface area contributed by atoms with Crippen molar-refractivity contribution in [2.75, 3.05) is 12.4 Å². The van der Waals surface area contributed by atoms with E-state index in [9.17, 15) is 0 Å². The standard InChI is InChI=1S/C18H20N6O/c1-11-8-15(22-23-17(11)20-13-4-5-13)14-6-7-16(18(21-14)25-3)24-9-12(2)19-10-24/h6-10,13H,4-5H2,1-3H3,(H,20,23). The third-order valence-corrected chi connectivity index (χ3v) is 4.19. The van der Waals surface area contributed by atoms with Crippen molar-refractivity contribution < 1.29 is 4.74 Å². The van der Waals surface area contributed by atoms with Crippen molar-refractivity contribution in [3.63, 3.8) is 0 Å². The molecule has 1 aliphatic rings. The molecule has 1 aliphatic carbocycles. The third-order valence-electron chi connectivity index (χ3n) is 4.19. The number of pyridine rings is 1. The molecule has 0 radical (unpaired) electrons. The van der Waals surface area contributed by atoms with Crippen LogP contribution in [0, 0.1) is 13.8 Å². The quantitative estimate of drug-likeness (QED) is 0.772. The number of imidazole rings is 1. The number of hydrogen-bond acceptors (Lipinski definition) is 6. The molecule has 0 atom stereocenters. The van der Waals surface area contributed by atoms with Gasteiger partial charge in [0.05, 0.1) is 24.8 Å². The van der Waals surface area contributed by atoms with Gasteiger partial charge in [0.25, 0.3) is 0 Å². The van der Waals surface area contributed by atoms with Crippen molar-refractivity contribution in [2.45, 2.75) is 32.7 Å². The van der Waals surface area contributed by atoms with E-state index in [2.05, 4.69) is 25.5 Å². The van der Waals surface area contributed by atoms with Crippen molar-refractivity contribution in [3.05, 3.63) is 42.0 Å². The molecule has 0 amide bonds. The molecular formula is C18H20N6O. The first-order chi connectivity index (χ1) is 12.1. The van der Waals surface area contributed by atoms with Crippen LogP contribution in [0.5, 0.6) is 5.88 Å². The van der Waals surface area contributed by atoms with Gasteiger partial charge in [-0.1, -0.05) is 0 Å². The Kier molecular flexibility index (Phi) is 3.83. The summed E-state index contributed by atoms with van der Waals surface area (Å²) in [6.07, 6.45) is 6.09. The molecule has 4 rings (SSSR count). The first-order valence-corrected chi connectivity index (χ1v) is 8.31. The third kappa shape index (κ3) is 3.17. The van der Waals surface area contributed by atoms with Gasteiger partial charge >= 0.3 is 0 Å². The molecule has 0 aliphatic heterocycles. The van der Waals surface area contributed by atoms with Gasteiger partial charge in [-0.25, -0.2) is 9.97 Å². The molecule has 0 unspecified atom stereocenters. The summed E-state index contributed by atoms with van der Waals surface area (Å²) in [4.78, 5) is 8.85. The van der Waals surface area contributed by atoms with Gasteiger partial charge in [-0.2, -0.15) is 0 Å². The molecule has 128 valence electrons. The average Bonchev–Trinajstić information content (AvgIpc) is 3.34. The Bertz CT molecular complexity index is 916. The van der Waals surface area contributed by atoms with Crippen molar-refractivity contribution in [1.29, 1.82) is 0 Å². The van der Waals surface area contributed by atoms with Crippen molar-refractivity contribution in [1.82, 2.24) is 24.7 Å². The zero-order chi connectivity index (χ0) is 17.4. The Morgan fingerprint density at radius 3 is 2.64 bits per heavy atom. The lowest BCUT2D eigenvalue weighted by Gasteiger charge is -2.11. The molecule has 7 heteroatoms. The van der Waals surface area contributed by atoms with Gasteiger partial charge in [-0.3, -0.25) is 0 Å². The summed E-state index contributed by atoms with van der Waals surface area (Å²) in [5.41, 5.74) is 4.29. The fraction of sp³-hybridized carbons (Fsp3) is 0.333. The van der Waals surface area contributed by atoms with E-state index in [4.69, 9.17) is 4.74 Å². The molecule has 1 fully saturated rings. The SMILES string of the molecule is COc1nc(-c2cc(C)c(NC3CC3)nn2)ccc1-n1cnc(C)c1. The monoisotopic (exact) mass is 336 g/mol. The minimum Gasteiger partial charge on any atom is -0.479 e. The van der Waals surface area contributed by atoms with Crippen LogP contribution in [0.3, 0.4) is 0 Å². The van der Waals surface area contributed by atoms with E-state index in [-0.39, 0.29) is 0 Å². The Balaban J connectivity index is 1.67. The molecule has 3 heterocycles. The highest BCUT2D eigenvalue weighted by Crippen LogP contribution is 2.28. The lowest BCUT2D eigenvalue weighted by molar-refractivity contribution is 0.396. The predicted octanol–water partition coefficient (Wildman–Crippen LogP) is 2.92. The molecule has 7 nitrogen and oxygen atoms in total. The number of hydrogen-bond donors (Lipinski definition) is 1.